The smallest absolute Gasteiger partial charge is 0.259 e. The number of carbonyl (C=O) groups is 1. The van der Waals surface area contributed by atoms with E-state index in [1.807, 2.05) is 24.3 Å². The Labute approximate surface area is 146 Å². The molecule has 2 aromatic rings. The summed E-state index contributed by atoms with van der Waals surface area (Å²) in [6.07, 6.45) is 1.52. The highest BCUT2D eigenvalue weighted by Crippen LogP contribution is 2.22. The standard InChI is InChI=1S/C18H21N3O4/c1-23-14-8-13(9-15(10-14)24-2)11-20-21-18(22)12-19-16-6-4-5-7-17(16)25-3/h4-11,19H,12H2,1-3H3,(H,21,22)/b20-11-. The molecule has 0 aliphatic rings. The second-order valence-corrected chi connectivity index (χ2v) is 4.99. The zero-order chi connectivity index (χ0) is 18.1. The van der Waals surface area contributed by atoms with Gasteiger partial charge in [-0.3, -0.25) is 4.79 Å². The molecule has 1 amide bonds. The molecular weight excluding hydrogens is 322 g/mol. The number of benzene rings is 2. The van der Waals surface area contributed by atoms with Gasteiger partial charge >= 0.3 is 0 Å². The molecule has 0 spiro atoms. The summed E-state index contributed by atoms with van der Waals surface area (Å²) in [5.41, 5.74) is 3.94. The molecule has 2 aromatic carbocycles. The van der Waals surface area contributed by atoms with Crippen LogP contribution in [-0.4, -0.2) is 40.0 Å². The summed E-state index contributed by atoms with van der Waals surface area (Å²) in [7, 11) is 4.72. The van der Waals surface area contributed by atoms with Crippen LogP contribution in [0.3, 0.4) is 0 Å². The fourth-order valence-corrected chi connectivity index (χ4v) is 2.09. The van der Waals surface area contributed by atoms with Gasteiger partial charge < -0.3 is 19.5 Å². The number of methoxy groups -OCH3 is 3. The van der Waals surface area contributed by atoms with E-state index in [1.165, 1.54) is 6.21 Å². The number of anilines is 1. The number of carbonyl (C=O) groups excluding carboxylic acids is 1. The van der Waals surface area contributed by atoms with Gasteiger partial charge in [-0.1, -0.05) is 12.1 Å². The third-order valence-corrected chi connectivity index (χ3v) is 3.32. The minimum absolute atomic E-state index is 0.0686. The summed E-state index contributed by atoms with van der Waals surface area (Å²) < 4.78 is 15.6. The minimum Gasteiger partial charge on any atom is -0.497 e. The van der Waals surface area contributed by atoms with E-state index in [1.54, 1.807) is 39.5 Å². The first-order chi connectivity index (χ1) is 12.2. The molecule has 0 heterocycles. The first kappa shape index (κ1) is 18.1. The van der Waals surface area contributed by atoms with Gasteiger partial charge in [0.05, 0.1) is 39.8 Å². The van der Waals surface area contributed by atoms with Crippen LogP contribution in [0.1, 0.15) is 5.56 Å². The van der Waals surface area contributed by atoms with Crippen molar-refractivity contribution in [2.45, 2.75) is 0 Å². The highest BCUT2D eigenvalue weighted by molar-refractivity contribution is 5.85. The largest absolute Gasteiger partial charge is 0.497 e. The van der Waals surface area contributed by atoms with Crippen molar-refractivity contribution < 1.29 is 19.0 Å². The van der Waals surface area contributed by atoms with E-state index in [4.69, 9.17) is 14.2 Å². The highest BCUT2D eigenvalue weighted by atomic mass is 16.5. The van der Waals surface area contributed by atoms with Gasteiger partial charge in [0, 0.05) is 11.6 Å². The second-order valence-electron chi connectivity index (χ2n) is 4.99. The molecule has 0 aliphatic heterocycles. The third-order valence-electron chi connectivity index (χ3n) is 3.32. The van der Waals surface area contributed by atoms with E-state index in [-0.39, 0.29) is 12.5 Å². The van der Waals surface area contributed by atoms with Crippen LogP contribution in [0.5, 0.6) is 17.2 Å². The molecule has 0 aromatic heterocycles. The van der Waals surface area contributed by atoms with Crippen molar-refractivity contribution in [3.8, 4) is 17.2 Å². The van der Waals surface area contributed by atoms with Crippen molar-refractivity contribution >= 4 is 17.8 Å². The molecule has 25 heavy (non-hydrogen) atoms. The Morgan fingerprint density at radius 1 is 1.04 bits per heavy atom. The van der Waals surface area contributed by atoms with Gasteiger partial charge in [0.25, 0.3) is 5.91 Å². The summed E-state index contributed by atoms with van der Waals surface area (Å²) in [6.45, 7) is 0.0686. The van der Waals surface area contributed by atoms with Gasteiger partial charge in [0.2, 0.25) is 0 Å². The number of nitrogens with one attached hydrogen (secondary N) is 2. The van der Waals surface area contributed by atoms with Crippen LogP contribution in [0.4, 0.5) is 5.69 Å². The molecule has 0 fully saturated rings. The minimum atomic E-state index is -0.281. The molecule has 0 saturated heterocycles. The van der Waals surface area contributed by atoms with Crippen LogP contribution < -0.4 is 25.0 Å². The lowest BCUT2D eigenvalue weighted by atomic mass is 10.2. The van der Waals surface area contributed by atoms with Crippen molar-refractivity contribution in [1.82, 2.24) is 5.43 Å². The van der Waals surface area contributed by atoms with E-state index >= 15 is 0 Å². The van der Waals surface area contributed by atoms with Crippen molar-refractivity contribution in [3.63, 3.8) is 0 Å². The van der Waals surface area contributed by atoms with Gasteiger partial charge in [0.1, 0.15) is 17.2 Å². The van der Waals surface area contributed by atoms with Crippen molar-refractivity contribution in [1.29, 1.82) is 0 Å². The maximum atomic E-state index is 11.9. The molecule has 0 saturated carbocycles. The molecule has 0 unspecified atom stereocenters. The lowest BCUT2D eigenvalue weighted by molar-refractivity contribution is -0.119. The Bertz CT molecular complexity index is 725. The predicted molar refractivity (Wildman–Crippen MR) is 96.8 cm³/mol. The highest BCUT2D eigenvalue weighted by Gasteiger charge is 2.04. The summed E-state index contributed by atoms with van der Waals surface area (Å²) in [5, 5.41) is 6.94. The summed E-state index contributed by atoms with van der Waals surface area (Å²) in [6, 6.07) is 12.7. The van der Waals surface area contributed by atoms with Crippen molar-refractivity contribution in [2.24, 2.45) is 5.10 Å². The normalized spacial score (nSPS) is 10.4. The molecular formula is C18H21N3O4. The Kier molecular flexibility index (Phi) is 6.65. The SMILES string of the molecule is COc1cc(/C=N\NC(=O)CNc2ccccc2OC)cc(OC)c1. The fourth-order valence-electron chi connectivity index (χ4n) is 2.09. The summed E-state index contributed by atoms with van der Waals surface area (Å²) in [4.78, 5) is 11.9. The van der Waals surface area contributed by atoms with Crippen LogP contribution in [0.25, 0.3) is 0 Å². The van der Waals surface area contributed by atoms with Gasteiger partial charge in [-0.05, 0) is 24.3 Å². The Hall–Kier alpha value is -3.22. The molecule has 0 radical (unpaired) electrons. The molecule has 2 N–H and O–H groups in total. The van der Waals surface area contributed by atoms with Gasteiger partial charge in [0.15, 0.2) is 0 Å². The molecule has 7 nitrogen and oxygen atoms in total. The summed E-state index contributed by atoms with van der Waals surface area (Å²) in [5.74, 6) is 1.68. The average molecular weight is 343 g/mol. The van der Waals surface area contributed by atoms with Gasteiger partial charge in [-0.25, -0.2) is 5.43 Å². The second kappa shape index (κ2) is 9.17. The molecule has 132 valence electrons. The number of para-hydroxylation sites is 2. The van der Waals surface area contributed by atoms with E-state index in [9.17, 15) is 4.79 Å². The van der Waals surface area contributed by atoms with Crippen LogP contribution in [0, 0.1) is 0 Å². The topological polar surface area (TPSA) is 81.2 Å². The monoisotopic (exact) mass is 343 g/mol. The van der Waals surface area contributed by atoms with Gasteiger partial charge in [-0.15, -0.1) is 0 Å². The van der Waals surface area contributed by atoms with Crippen molar-refractivity contribution in [3.05, 3.63) is 48.0 Å². The number of amides is 1. The number of ether oxygens (including phenoxy) is 3. The van der Waals surface area contributed by atoms with Crippen molar-refractivity contribution in [2.75, 3.05) is 33.2 Å². The third kappa shape index (κ3) is 5.42. The van der Waals surface area contributed by atoms with E-state index in [0.717, 1.165) is 11.3 Å². The molecule has 0 atom stereocenters. The lowest BCUT2D eigenvalue weighted by Crippen LogP contribution is -2.26. The Balaban J connectivity index is 1.90. The van der Waals surface area contributed by atoms with Crippen LogP contribution in [-0.2, 0) is 4.79 Å². The number of hydrogen-bond acceptors (Lipinski definition) is 6. The molecule has 7 heteroatoms. The predicted octanol–water partition coefficient (Wildman–Crippen LogP) is 2.27. The Morgan fingerprint density at radius 2 is 1.72 bits per heavy atom. The zero-order valence-electron chi connectivity index (χ0n) is 14.4. The number of nitrogens with zero attached hydrogens (tertiary/aromatic N) is 1. The number of hydrazone groups is 1. The summed E-state index contributed by atoms with van der Waals surface area (Å²) >= 11 is 0. The van der Waals surface area contributed by atoms with Crippen LogP contribution in [0.2, 0.25) is 0 Å². The van der Waals surface area contributed by atoms with E-state index in [0.29, 0.717) is 17.2 Å². The molecule has 0 bridgehead atoms. The maximum absolute atomic E-state index is 11.9. The lowest BCUT2D eigenvalue weighted by Gasteiger charge is -2.09. The van der Waals surface area contributed by atoms with Gasteiger partial charge in [-0.2, -0.15) is 5.10 Å². The quantitative estimate of drug-likeness (QED) is 0.568. The first-order valence-corrected chi connectivity index (χ1v) is 7.58. The molecule has 2 rings (SSSR count). The van der Waals surface area contributed by atoms with Crippen LogP contribution in [0.15, 0.2) is 47.6 Å². The maximum Gasteiger partial charge on any atom is 0.259 e. The average Bonchev–Trinajstić information content (AvgIpc) is 2.66. The van der Waals surface area contributed by atoms with E-state index < -0.39 is 0 Å². The first-order valence-electron chi connectivity index (χ1n) is 7.58. The number of hydrogen-bond donors (Lipinski definition) is 2. The fraction of sp³-hybridized carbons (Fsp3) is 0.222. The number of rotatable bonds is 8. The zero-order valence-corrected chi connectivity index (χ0v) is 14.4. The van der Waals surface area contributed by atoms with Crippen LogP contribution >= 0.6 is 0 Å². The Morgan fingerprint density at radius 3 is 2.36 bits per heavy atom. The van der Waals surface area contributed by atoms with E-state index in [2.05, 4.69) is 15.8 Å². The molecule has 0 aliphatic carbocycles.